The van der Waals surface area contributed by atoms with Crippen LogP contribution in [0.1, 0.15) is 13.3 Å². The molecular formula is C11H21N3O3S. The molecule has 0 spiro atoms. The summed E-state index contributed by atoms with van der Waals surface area (Å²) in [5, 5.41) is 11.8. The van der Waals surface area contributed by atoms with Crippen LogP contribution < -0.4 is 5.32 Å². The highest BCUT2D eigenvalue weighted by atomic mass is 32.2. The first-order chi connectivity index (χ1) is 8.41. The summed E-state index contributed by atoms with van der Waals surface area (Å²) in [5.41, 5.74) is 0. The quantitative estimate of drug-likeness (QED) is 0.764. The summed E-state index contributed by atoms with van der Waals surface area (Å²) in [5.74, 6) is -0.0195. The fourth-order valence-corrected chi connectivity index (χ4v) is 2.81. The van der Waals surface area contributed by atoms with Crippen molar-refractivity contribution in [2.75, 3.05) is 32.3 Å². The number of nitrogens with zero attached hydrogens (tertiary/aromatic N) is 2. The lowest BCUT2D eigenvalue weighted by Gasteiger charge is -2.24. The van der Waals surface area contributed by atoms with Crippen LogP contribution in [0.2, 0.25) is 0 Å². The summed E-state index contributed by atoms with van der Waals surface area (Å²) >= 11 is 1.47. The standard InChI is InChI=1S/C11H21N3O3S/c1-8(4-5-13(2)3)12-11(17)14-7-18-6-9(14)10(15)16/h8-9H,4-7H2,1-3H3,(H,12,17)(H,15,16)/t8?,9-/m0/s1. The van der Waals surface area contributed by atoms with Crippen molar-refractivity contribution in [1.29, 1.82) is 0 Å². The van der Waals surface area contributed by atoms with E-state index in [1.54, 1.807) is 0 Å². The van der Waals surface area contributed by atoms with E-state index < -0.39 is 12.0 Å². The van der Waals surface area contributed by atoms with Crippen LogP contribution in [0.15, 0.2) is 0 Å². The fraction of sp³-hybridized carbons (Fsp3) is 0.818. The largest absolute Gasteiger partial charge is 0.480 e. The van der Waals surface area contributed by atoms with E-state index in [9.17, 15) is 9.59 Å². The number of thioether (sulfide) groups is 1. The molecule has 0 aromatic carbocycles. The number of carboxylic acid groups (broad SMARTS) is 1. The number of hydrogen-bond acceptors (Lipinski definition) is 4. The van der Waals surface area contributed by atoms with Crippen molar-refractivity contribution in [2.24, 2.45) is 0 Å². The zero-order valence-corrected chi connectivity index (χ0v) is 11.9. The lowest BCUT2D eigenvalue weighted by molar-refractivity contribution is -0.140. The SMILES string of the molecule is CC(CCN(C)C)NC(=O)N1CSC[C@H]1C(=O)O. The van der Waals surface area contributed by atoms with E-state index in [4.69, 9.17) is 5.11 Å². The van der Waals surface area contributed by atoms with Crippen LogP contribution in [0, 0.1) is 0 Å². The molecule has 0 aliphatic carbocycles. The molecule has 104 valence electrons. The number of urea groups is 1. The molecule has 1 rings (SSSR count). The molecule has 6 nitrogen and oxygen atoms in total. The second-order valence-electron chi connectivity index (χ2n) is 4.77. The van der Waals surface area contributed by atoms with Crippen LogP contribution >= 0.6 is 11.8 Å². The summed E-state index contributed by atoms with van der Waals surface area (Å²) in [7, 11) is 3.96. The zero-order valence-electron chi connectivity index (χ0n) is 11.0. The molecule has 2 amide bonds. The Morgan fingerprint density at radius 1 is 1.56 bits per heavy atom. The first-order valence-electron chi connectivity index (χ1n) is 5.94. The summed E-state index contributed by atoms with van der Waals surface area (Å²) in [4.78, 5) is 26.4. The van der Waals surface area contributed by atoms with Crippen molar-refractivity contribution in [1.82, 2.24) is 15.1 Å². The van der Waals surface area contributed by atoms with Crippen molar-refractivity contribution in [2.45, 2.75) is 25.4 Å². The van der Waals surface area contributed by atoms with Crippen molar-refractivity contribution < 1.29 is 14.7 Å². The van der Waals surface area contributed by atoms with Gasteiger partial charge in [-0.15, -0.1) is 11.8 Å². The Balaban J connectivity index is 2.42. The molecule has 0 aromatic heterocycles. The maximum atomic E-state index is 11.9. The Hall–Kier alpha value is -0.950. The molecule has 2 N–H and O–H groups in total. The molecule has 1 aliphatic heterocycles. The normalized spacial score (nSPS) is 21.1. The van der Waals surface area contributed by atoms with Gasteiger partial charge >= 0.3 is 12.0 Å². The Kier molecular flexibility index (Phi) is 5.74. The predicted octanol–water partition coefficient (Wildman–Crippen LogP) is 0.496. The number of amides is 2. The smallest absolute Gasteiger partial charge is 0.327 e. The molecule has 1 aliphatic rings. The van der Waals surface area contributed by atoms with Gasteiger partial charge in [0.1, 0.15) is 6.04 Å². The van der Waals surface area contributed by atoms with Crippen molar-refractivity contribution in [3.05, 3.63) is 0 Å². The molecule has 2 atom stereocenters. The summed E-state index contributed by atoms with van der Waals surface area (Å²) in [6.45, 7) is 2.82. The molecule has 1 heterocycles. The molecule has 0 aromatic rings. The van der Waals surface area contributed by atoms with Crippen LogP contribution in [0.5, 0.6) is 0 Å². The van der Waals surface area contributed by atoms with Gasteiger partial charge in [-0.2, -0.15) is 0 Å². The Morgan fingerprint density at radius 3 is 2.78 bits per heavy atom. The van der Waals surface area contributed by atoms with Crippen molar-refractivity contribution in [3.63, 3.8) is 0 Å². The minimum absolute atomic E-state index is 0.0416. The van der Waals surface area contributed by atoms with E-state index >= 15 is 0 Å². The van der Waals surface area contributed by atoms with E-state index in [1.165, 1.54) is 16.7 Å². The van der Waals surface area contributed by atoms with Crippen LogP contribution in [0.25, 0.3) is 0 Å². The number of hydrogen-bond donors (Lipinski definition) is 2. The number of rotatable bonds is 5. The second-order valence-corrected chi connectivity index (χ2v) is 5.77. The highest BCUT2D eigenvalue weighted by Gasteiger charge is 2.34. The molecule has 1 fully saturated rings. The molecule has 0 bridgehead atoms. The van der Waals surface area contributed by atoms with Crippen LogP contribution in [0.3, 0.4) is 0 Å². The van der Waals surface area contributed by atoms with Gasteiger partial charge in [0.2, 0.25) is 0 Å². The number of carbonyl (C=O) groups is 2. The van der Waals surface area contributed by atoms with Crippen molar-refractivity contribution in [3.8, 4) is 0 Å². The van der Waals surface area contributed by atoms with Crippen LogP contribution in [0.4, 0.5) is 4.79 Å². The van der Waals surface area contributed by atoms with E-state index in [1.807, 2.05) is 21.0 Å². The first-order valence-corrected chi connectivity index (χ1v) is 7.09. The second kappa shape index (κ2) is 6.84. The zero-order chi connectivity index (χ0) is 13.7. The minimum Gasteiger partial charge on any atom is -0.480 e. The minimum atomic E-state index is -0.934. The molecule has 7 heteroatoms. The topological polar surface area (TPSA) is 72.9 Å². The first kappa shape index (κ1) is 15.1. The molecule has 0 radical (unpaired) electrons. The van der Waals surface area contributed by atoms with Crippen LogP contribution in [-0.2, 0) is 4.79 Å². The van der Waals surface area contributed by atoms with Gasteiger partial charge in [-0.25, -0.2) is 9.59 Å². The Labute approximate surface area is 112 Å². The summed E-state index contributed by atoms with van der Waals surface area (Å²) < 4.78 is 0. The molecule has 18 heavy (non-hydrogen) atoms. The third-order valence-electron chi connectivity index (χ3n) is 2.81. The predicted molar refractivity (Wildman–Crippen MR) is 71.8 cm³/mol. The highest BCUT2D eigenvalue weighted by Crippen LogP contribution is 2.21. The molecule has 1 unspecified atom stereocenters. The van der Waals surface area contributed by atoms with Gasteiger partial charge in [0.05, 0.1) is 5.88 Å². The van der Waals surface area contributed by atoms with Gasteiger partial charge in [-0.1, -0.05) is 0 Å². The van der Waals surface area contributed by atoms with Gasteiger partial charge in [-0.05, 0) is 34.0 Å². The summed E-state index contributed by atoms with van der Waals surface area (Å²) in [6, 6.07) is -0.936. The third-order valence-corrected chi connectivity index (χ3v) is 3.82. The maximum absolute atomic E-state index is 11.9. The number of nitrogens with one attached hydrogen (secondary N) is 1. The van der Waals surface area contributed by atoms with Gasteiger partial charge in [-0.3, -0.25) is 0 Å². The molecular weight excluding hydrogens is 254 g/mol. The average Bonchev–Trinajstić information content (AvgIpc) is 2.75. The average molecular weight is 275 g/mol. The lowest BCUT2D eigenvalue weighted by Crippen LogP contribution is -2.49. The van der Waals surface area contributed by atoms with Gasteiger partial charge in [0.25, 0.3) is 0 Å². The molecule has 0 saturated carbocycles. The highest BCUT2D eigenvalue weighted by molar-refractivity contribution is 7.99. The van der Waals surface area contributed by atoms with Gasteiger partial charge in [0.15, 0.2) is 0 Å². The Bertz CT molecular complexity index is 312. The lowest BCUT2D eigenvalue weighted by atomic mass is 10.2. The molecule has 1 saturated heterocycles. The van der Waals surface area contributed by atoms with Crippen LogP contribution in [-0.4, -0.2) is 71.3 Å². The number of aliphatic carboxylic acids is 1. The van der Waals surface area contributed by atoms with Gasteiger partial charge in [0, 0.05) is 11.8 Å². The monoisotopic (exact) mass is 275 g/mol. The van der Waals surface area contributed by atoms with E-state index in [2.05, 4.69) is 10.2 Å². The number of carbonyl (C=O) groups excluding carboxylic acids is 1. The van der Waals surface area contributed by atoms with Crippen molar-refractivity contribution >= 4 is 23.8 Å². The van der Waals surface area contributed by atoms with E-state index in [0.717, 1.165) is 13.0 Å². The number of carboxylic acids is 1. The Morgan fingerprint density at radius 2 is 2.22 bits per heavy atom. The van der Waals surface area contributed by atoms with E-state index in [-0.39, 0.29) is 12.1 Å². The van der Waals surface area contributed by atoms with Gasteiger partial charge < -0.3 is 20.2 Å². The maximum Gasteiger partial charge on any atom is 0.327 e. The fourth-order valence-electron chi connectivity index (χ4n) is 1.67. The van der Waals surface area contributed by atoms with E-state index in [0.29, 0.717) is 11.6 Å². The summed E-state index contributed by atoms with van der Waals surface area (Å²) in [6.07, 6.45) is 0.845. The third kappa shape index (κ3) is 4.38.